The maximum atomic E-state index is 11.2. The summed E-state index contributed by atoms with van der Waals surface area (Å²) < 4.78 is 7.87. The number of fused-ring (bicyclic) bond motifs is 1. The predicted molar refractivity (Wildman–Crippen MR) is 78.0 cm³/mol. The standard InChI is InChI=1S/C14H17BrN2O2/c1-3-19-14(18)5-4-6-17-9-11-8-12(15)10(2)7-13(11)16-17/h7-9H,3-6H2,1-2H3. The van der Waals surface area contributed by atoms with Gasteiger partial charge in [0.2, 0.25) is 0 Å². The molecule has 0 spiro atoms. The molecule has 2 rings (SSSR count). The molecule has 1 aromatic carbocycles. The van der Waals surface area contributed by atoms with E-state index < -0.39 is 0 Å². The van der Waals surface area contributed by atoms with E-state index in [1.165, 1.54) is 5.56 Å². The van der Waals surface area contributed by atoms with Crippen LogP contribution in [0.1, 0.15) is 25.3 Å². The van der Waals surface area contributed by atoms with Crippen molar-refractivity contribution in [2.45, 2.75) is 33.2 Å². The molecule has 0 radical (unpaired) electrons. The summed E-state index contributed by atoms with van der Waals surface area (Å²) in [5, 5.41) is 5.61. The van der Waals surface area contributed by atoms with E-state index in [2.05, 4.69) is 33.2 Å². The van der Waals surface area contributed by atoms with E-state index in [-0.39, 0.29) is 5.97 Å². The summed E-state index contributed by atoms with van der Waals surface area (Å²) in [7, 11) is 0. The second kappa shape index (κ2) is 6.19. The zero-order chi connectivity index (χ0) is 13.8. The number of ether oxygens (including phenoxy) is 1. The van der Waals surface area contributed by atoms with E-state index >= 15 is 0 Å². The van der Waals surface area contributed by atoms with Gasteiger partial charge in [-0.05, 0) is 38.0 Å². The molecule has 5 heteroatoms. The first kappa shape index (κ1) is 14.1. The van der Waals surface area contributed by atoms with Gasteiger partial charge in [0.05, 0.1) is 12.1 Å². The minimum atomic E-state index is -0.141. The molecule has 0 fully saturated rings. The fraction of sp³-hybridized carbons (Fsp3) is 0.429. The zero-order valence-electron chi connectivity index (χ0n) is 11.1. The zero-order valence-corrected chi connectivity index (χ0v) is 12.7. The lowest BCUT2D eigenvalue weighted by molar-refractivity contribution is -0.143. The van der Waals surface area contributed by atoms with Gasteiger partial charge in [-0.3, -0.25) is 9.48 Å². The SMILES string of the molecule is CCOC(=O)CCCn1cc2cc(Br)c(C)cc2n1. The smallest absolute Gasteiger partial charge is 0.305 e. The van der Waals surface area contributed by atoms with Crippen molar-refractivity contribution in [2.24, 2.45) is 0 Å². The first-order chi connectivity index (χ1) is 9.10. The number of halogens is 1. The number of nitrogens with zero attached hydrogens (tertiary/aromatic N) is 2. The third-order valence-electron chi connectivity index (χ3n) is 2.91. The summed E-state index contributed by atoms with van der Waals surface area (Å²) in [4.78, 5) is 11.2. The number of hydrogen-bond donors (Lipinski definition) is 0. The molecular weight excluding hydrogens is 308 g/mol. The summed E-state index contributed by atoms with van der Waals surface area (Å²) >= 11 is 3.52. The normalized spacial score (nSPS) is 10.9. The average molecular weight is 325 g/mol. The molecule has 4 nitrogen and oxygen atoms in total. The molecular formula is C14H17BrN2O2. The number of hydrogen-bond acceptors (Lipinski definition) is 3. The van der Waals surface area contributed by atoms with Crippen LogP contribution in [0.3, 0.4) is 0 Å². The third kappa shape index (κ3) is 3.56. The summed E-state index contributed by atoms with van der Waals surface area (Å²) in [5.41, 5.74) is 2.15. The molecule has 19 heavy (non-hydrogen) atoms. The minimum Gasteiger partial charge on any atom is -0.466 e. The van der Waals surface area contributed by atoms with Crippen molar-refractivity contribution in [3.05, 3.63) is 28.4 Å². The van der Waals surface area contributed by atoms with Gasteiger partial charge >= 0.3 is 5.97 Å². The Bertz CT molecular complexity index is 553. The van der Waals surface area contributed by atoms with Gasteiger partial charge in [-0.2, -0.15) is 5.10 Å². The topological polar surface area (TPSA) is 44.1 Å². The van der Waals surface area contributed by atoms with Crippen LogP contribution in [0.4, 0.5) is 0 Å². The van der Waals surface area contributed by atoms with Crippen LogP contribution >= 0.6 is 15.9 Å². The number of aromatic nitrogens is 2. The minimum absolute atomic E-state index is 0.141. The van der Waals surface area contributed by atoms with Gasteiger partial charge in [-0.1, -0.05) is 15.9 Å². The lowest BCUT2D eigenvalue weighted by atomic mass is 10.2. The lowest BCUT2D eigenvalue weighted by Crippen LogP contribution is -2.06. The van der Waals surface area contributed by atoms with Crippen LogP contribution in [0.2, 0.25) is 0 Å². The molecule has 1 heterocycles. The van der Waals surface area contributed by atoms with Crippen LogP contribution in [0.25, 0.3) is 10.9 Å². The quantitative estimate of drug-likeness (QED) is 0.791. The Hall–Kier alpha value is -1.36. The van der Waals surface area contributed by atoms with Crippen molar-refractivity contribution in [3.63, 3.8) is 0 Å². The van der Waals surface area contributed by atoms with Crippen molar-refractivity contribution in [1.82, 2.24) is 9.78 Å². The van der Waals surface area contributed by atoms with E-state index in [4.69, 9.17) is 4.74 Å². The van der Waals surface area contributed by atoms with E-state index in [0.29, 0.717) is 13.0 Å². The van der Waals surface area contributed by atoms with Crippen molar-refractivity contribution >= 4 is 32.8 Å². The van der Waals surface area contributed by atoms with Gasteiger partial charge in [0, 0.05) is 29.0 Å². The fourth-order valence-corrected chi connectivity index (χ4v) is 2.29. The molecule has 0 aliphatic rings. The lowest BCUT2D eigenvalue weighted by Gasteiger charge is -2.01. The van der Waals surface area contributed by atoms with Crippen LogP contribution in [-0.4, -0.2) is 22.4 Å². The predicted octanol–water partition coefficient (Wildman–Crippen LogP) is 3.45. The molecule has 2 aromatic rings. The maximum Gasteiger partial charge on any atom is 0.305 e. The van der Waals surface area contributed by atoms with Crippen molar-refractivity contribution in [2.75, 3.05) is 6.61 Å². The number of benzene rings is 1. The number of carbonyl (C=O) groups is 1. The molecule has 0 amide bonds. The second-order valence-corrected chi connectivity index (χ2v) is 5.32. The number of esters is 1. The maximum absolute atomic E-state index is 11.2. The molecule has 0 saturated heterocycles. The first-order valence-corrected chi connectivity index (χ1v) is 7.18. The van der Waals surface area contributed by atoms with Crippen molar-refractivity contribution in [1.29, 1.82) is 0 Å². The monoisotopic (exact) mass is 324 g/mol. The average Bonchev–Trinajstić information content (AvgIpc) is 2.72. The van der Waals surface area contributed by atoms with Gasteiger partial charge in [-0.15, -0.1) is 0 Å². The summed E-state index contributed by atoms with van der Waals surface area (Å²) in [6, 6.07) is 4.13. The van der Waals surface area contributed by atoms with Gasteiger partial charge < -0.3 is 4.74 Å². The van der Waals surface area contributed by atoms with E-state index in [9.17, 15) is 4.79 Å². The van der Waals surface area contributed by atoms with E-state index in [1.54, 1.807) is 0 Å². The van der Waals surface area contributed by atoms with Crippen LogP contribution in [0.5, 0.6) is 0 Å². The summed E-state index contributed by atoms with van der Waals surface area (Å²) in [6.45, 7) is 5.03. The Morgan fingerprint density at radius 2 is 2.26 bits per heavy atom. The molecule has 0 saturated carbocycles. The second-order valence-electron chi connectivity index (χ2n) is 4.46. The Kier molecular flexibility index (Phi) is 4.58. The summed E-state index contributed by atoms with van der Waals surface area (Å²) in [6.07, 6.45) is 3.18. The van der Waals surface area contributed by atoms with Crippen LogP contribution < -0.4 is 0 Å². The van der Waals surface area contributed by atoms with Crippen LogP contribution in [0, 0.1) is 6.92 Å². The Morgan fingerprint density at radius 3 is 3.00 bits per heavy atom. The molecule has 0 atom stereocenters. The molecule has 0 N–H and O–H groups in total. The highest BCUT2D eigenvalue weighted by Crippen LogP contribution is 2.23. The number of aryl methyl sites for hydroxylation is 2. The Labute approximate surface area is 120 Å². The van der Waals surface area contributed by atoms with Gasteiger partial charge in [-0.25, -0.2) is 0 Å². The molecule has 102 valence electrons. The number of rotatable bonds is 5. The van der Waals surface area contributed by atoms with Gasteiger partial charge in [0.25, 0.3) is 0 Å². The fourth-order valence-electron chi connectivity index (χ4n) is 1.93. The Balaban J connectivity index is 2.00. The van der Waals surface area contributed by atoms with Crippen molar-refractivity contribution < 1.29 is 9.53 Å². The Morgan fingerprint density at radius 1 is 1.47 bits per heavy atom. The third-order valence-corrected chi connectivity index (χ3v) is 3.76. The largest absolute Gasteiger partial charge is 0.466 e. The highest BCUT2D eigenvalue weighted by molar-refractivity contribution is 9.10. The van der Waals surface area contributed by atoms with Crippen molar-refractivity contribution in [3.8, 4) is 0 Å². The van der Waals surface area contributed by atoms with Crippen LogP contribution in [-0.2, 0) is 16.1 Å². The highest BCUT2D eigenvalue weighted by atomic mass is 79.9. The summed E-state index contributed by atoms with van der Waals surface area (Å²) in [5.74, 6) is -0.141. The molecule has 1 aromatic heterocycles. The van der Waals surface area contributed by atoms with E-state index in [1.807, 2.05) is 24.7 Å². The van der Waals surface area contributed by atoms with Gasteiger partial charge in [0.1, 0.15) is 0 Å². The van der Waals surface area contributed by atoms with Crippen LogP contribution in [0.15, 0.2) is 22.8 Å². The van der Waals surface area contributed by atoms with Gasteiger partial charge in [0.15, 0.2) is 0 Å². The molecule has 0 bridgehead atoms. The molecule has 0 aliphatic heterocycles. The molecule has 0 unspecified atom stereocenters. The first-order valence-electron chi connectivity index (χ1n) is 6.39. The van der Waals surface area contributed by atoms with E-state index in [0.717, 1.165) is 28.3 Å². The molecule has 0 aliphatic carbocycles. The number of carbonyl (C=O) groups excluding carboxylic acids is 1. The highest BCUT2D eigenvalue weighted by Gasteiger charge is 2.05.